The highest BCUT2D eigenvalue weighted by Gasteiger charge is 2.27. The van der Waals surface area contributed by atoms with Crippen molar-refractivity contribution in [3.8, 4) is 22.9 Å². The van der Waals surface area contributed by atoms with Crippen molar-refractivity contribution in [3.05, 3.63) is 66.0 Å². The van der Waals surface area contributed by atoms with Crippen LogP contribution in [-0.4, -0.2) is 28.9 Å². The minimum absolute atomic E-state index is 0.700. The highest BCUT2D eigenvalue weighted by molar-refractivity contribution is 6.23. The third-order valence-corrected chi connectivity index (χ3v) is 10.0. The van der Waals surface area contributed by atoms with Gasteiger partial charge in [-0.3, -0.25) is 9.97 Å². The van der Waals surface area contributed by atoms with Crippen LogP contribution in [0.2, 0.25) is 0 Å². The molecule has 4 rings (SSSR count). The zero-order valence-electron chi connectivity index (χ0n) is 31.7. The van der Waals surface area contributed by atoms with E-state index in [9.17, 15) is 0 Å². The normalized spacial score (nSPS) is 11.8. The van der Waals surface area contributed by atoms with Gasteiger partial charge >= 0.3 is 0 Å². The van der Waals surface area contributed by atoms with Gasteiger partial charge in [0.25, 0.3) is 0 Å². The predicted molar refractivity (Wildman–Crippen MR) is 212 cm³/mol. The van der Waals surface area contributed by atoms with Crippen LogP contribution in [0.5, 0.6) is 11.5 Å². The number of nitrogens with zero attached hydrogens (tertiary/aromatic N) is 3. The van der Waals surface area contributed by atoms with Crippen LogP contribution in [0, 0.1) is 0 Å². The second-order valence-electron chi connectivity index (χ2n) is 14.4. The zero-order chi connectivity index (χ0) is 34.9. The molecule has 2 aromatic heterocycles. The van der Waals surface area contributed by atoms with E-state index in [4.69, 9.17) is 14.5 Å². The highest BCUT2D eigenvalue weighted by atomic mass is 16.5. The molecule has 1 aliphatic rings. The number of pyridine rings is 2. The lowest BCUT2D eigenvalue weighted by molar-refractivity contribution is 0.258. The average Bonchev–Trinajstić information content (AvgIpc) is 3.46. The number of rotatable bonds is 29. The van der Waals surface area contributed by atoms with Crippen LogP contribution in [0.1, 0.15) is 179 Å². The van der Waals surface area contributed by atoms with Crippen molar-refractivity contribution in [3.63, 3.8) is 0 Å². The fraction of sp³-hybridized carbons (Fsp3) is 0.622. The van der Waals surface area contributed by atoms with E-state index in [2.05, 4.69) is 42.0 Å². The molecule has 50 heavy (non-hydrogen) atoms. The Kier molecular flexibility index (Phi) is 19.7. The number of ether oxygens (including phenoxy) is 2. The highest BCUT2D eigenvalue weighted by Crippen LogP contribution is 2.37. The molecule has 0 fully saturated rings. The molecular formula is C45H67N3O2. The van der Waals surface area contributed by atoms with Crippen LogP contribution >= 0.6 is 0 Å². The molecule has 0 N–H and O–H groups in total. The third-order valence-electron chi connectivity index (χ3n) is 10.0. The van der Waals surface area contributed by atoms with E-state index in [0.717, 1.165) is 64.9 Å². The molecule has 274 valence electrons. The average molecular weight is 682 g/mol. The van der Waals surface area contributed by atoms with E-state index < -0.39 is 0 Å². The van der Waals surface area contributed by atoms with Gasteiger partial charge in [-0.2, -0.15) is 0 Å². The lowest BCUT2D eigenvalue weighted by Crippen LogP contribution is -2.03. The van der Waals surface area contributed by atoms with Gasteiger partial charge in [0.2, 0.25) is 0 Å². The fourth-order valence-electron chi connectivity index (χ4n) is 7.01. The van der Waals surface area contributed by atoms with E-state index in [-0.39, 0.29) is 0 Å². The Morgan fingerprint density at radius 2 is 0.860 bits per heavy atom. The number of hydrogen-bond donors (Lipinski definition) is 0. The summed E-state index contributed by atoms with van der Waals surface area (Å²) in [4.78, 5) is 14.4. The van der Waals surface area contributed by atoms with Crippen molar-refractivity contribution < 1.29 is 9.47 Å². The van der Waals surface area contributed by atoms with Crippen molar-refractivity contribution in [2.75, 3.05) is 13.2 Å². The molecule has 0 saturated carbocycles. The van der Waals surface area contributed by atoms with Crippen molar-refractivity contribution in [2.45, 2.75) is 168 Å². The largest absolute Gasteiger partial charge is 0.490 e. The first-order valence-electron chi connectivity index (χ1n) is 20.7. The van der Waals surface area contributed by atoms with E-state index in [1.54, 1.807) is 0 Å². The Morgan fingerprint density at radius 1 is 0.460 bits per heavy atom. The van der Waals surface area contributed by atoms with Gasteiger partial charge in [-0.1, -0.05) is 155 Å². The lowest BCUT2D eigenvalue weighted by atomic mass is 10.1. The Bertz CT molecular complexity index is 1320. The summed E-state index contributed by atoms with van der Waals surface area (Å²) in [6.07, 6.45) is 35.7. The Morgan fingerprint density at radius 3 is 1.30 bits per heavy atom. The maximum absolute atomic E-state index is 6.42. The maximum atomic E-state index is 6.42. The van der Waals surface area contributed by atoms with E-state index >= 15 is 0 Å². The van der Waals surface area contributed by atoms with Gasteiger partial charge < -0.3 is 9.47 Å². The van der Waals surface area contributed by atoms with Crippen molar-refractivity contribution in [1.29, 1.82) is 0 Å². The fourth-order valence-corrected chi connectivity index (χ4v) is 7.01. The minimum Gasteiger partial charge on any atom is -0.490 e. The number of aromatic nitrogens is 2. The van der Waals surface area contributed by atoms with Crippen LogP contribution in [0.15, 0.2) is 59.9 Å². The van der Waals surface area contributed by atoms with Gasteiger partial charge in [0, 0.05) is 29.6 Å². The van der Waals surface area contributed by atoms with E-state index in [0.29, 0.717) is 6.61 Å². The first-order chi connectivity index (χ1) is 24.8. The molecule has 0 saturated heterocycles. The number of unbranched alkanes of at least 4 members (excludes halogenated alkanes) is 22. The summed E-state index contributed by atoms with van der Waals surface area (Å²) in [6.45, 7) is 6.00. The van der Waals surface area contributed by atoms with Crippen molar-refractivity contribution in [1.82, 2.24) is 9.97 Å². The van der Waals surface area contributed by atoms with Crippen LogP contribution in [0.3, 0.4) is 0 Å². The first kappa shape index (κ1) is 39.6. The van der Waals surface area contributed by atoms with Crippen LogP contribution in [-0.2, 0) is 0 Å². The summed E-state index contributed by atoms with van der Waals surface area (Å²) in [5, 5.41) is 0. The molecule has 0 aliphatic heterocycles. The van der Waals surface area contributed by atoms with E-state index in [1.807, 2.05) is 36.7 Å². The van der Waals surface area contributed by atoms with Gasteiger partial charge in [-0.15, -0.1) is 0 Å². The van der Waals surface area contributed by atoms with Gasteiger partial charge in [-0.05, 0) is 49.2 Å². The van der Waals surface area contributed by atoms with Gasteiger partial charge in [0.05, 0.1) is 36.0 Å². The molecule has 2 heterocycles. The Balaban J connectivity index is 1.25. The molecule has 0 spiro atoms. The summed E-state index contributed by atoms with van der Waals surface area (Å²) in [5.74, 6) is 1.62. The van der Waals surface area contributed by atoms with Gasteiger partial charge in [0.15, 0.2) is 11.5 Å². The monoisotopic (exact) mass is 682 g/mol. The van der Waals surface area contributed by atoms with Crippen molar-refractivity contribution in [2.24, 2.45) is 4.99 Å². The molecule has 1 aliphatic carbocycles. The Labute approximate surface area is 305 Å². The molecule has 5 nitrogen and oxygen atoms in total. The zero-order valence-corrected chi connectivity index (χ0v) is 31.7. The number of benzene rings is 1. The SMILES string of the molecule is CCCCCCCCCCCCCCOc1ccc(N=C2c3cccnc3-c3ncccc32)cc1OCCCCCCCCCCCCCC. The summed E-state index contributed by atoms with van der Waals surface area (Å²) < 4.78 is 12.8. The van der Waals surface area contributed by atoms with Crippen LogP contribution in [0.4, 0.5) is 5.69 Å². The summed E-state index contributed by atoms with van der Waals surface area (Å²) in [6, 6.07) is 14.2. The lowest BCUT2D eigenvalue weighted by Gasteiger charge is -2.14. The standard InChI is InChI=1S/C45H67N3O2/c1-3-5-7-9-11-13-15-17-19-21-23-25-35-49-41-32-31-38(48-43-39-29-27-33-46-44(39)45-40(43)30-28-34-47-45)37-42(41)50-36-26-24-22-20-18-16-14-12-10-8-6-4-2/h27-34,37H,3-26,35-36H2,1-2H3. The Hall–Kier alpha value is -3.21. The quantitative estimate of drug-likeness (QED) is 0.0535. The molecule has 0 amide bonds. The summed E-state index contributed by atoms with van der Waals surface area (Å²) >= 11 is 0. The molecule has 0 bridgehead atoms. The molecular weight excluding hydrogens is 615 g/mol. The maximum Gasteiger partial charge on any atom is 0.163 e. The molecule has 3 aromatic rings. The molecule has 0 atom stereocenters. The number of aliphatic imine (C=N–C) groups is 1. The van der Waals surface area contributed by atoms with Gasteiger partial charge in [-0.25, -0.2) is 4.99 Å². The molecule has 0 unspecified atom stereocenters. The second kappa shape index (κ2) is 24.9. The topological polar surface area (TPSA) is 56.6 Å². The van der Waals surface area contributed by atoms with Gasteiger partial charge in [0.1, 0.15) is 0 Å². The predicted octanol–water partition coefficient (Wildman–Crippen LogP) is 13.8. The smallest absolute Gasteiger partial charge is 0.163 e. The van der Waals surface area contributed by atoms with Crippen LogP contribution < -0.4 is 9.47 Å². The molecule has 0 radical (unpaired) electrons. The van der Waals surface area contributed by atoms with E-state index in [1.165, 1.54) is 141 Å². The third kappa shape index (κ3) is 14.2. The summed E-state index contributed by atoms with van der Waals surface area (Å²) in [7, 11) is 0. The van der Waals surface area contributed by atoms with Crippen molar-refractivity contribution >= 4 is 11.4 Å². The second-order valence-corrected chi connectivity index (χ2v) is 14.4. The number of hydrogen-bond acceptors (Lipinski definition) is 5. The molecule has 5 heteroatoms. The molecule has 1 aromatic carbocycles. The first-order valence-corrected chi connectivity index (χ1v) is 20.7. The summed E-state index contributed by atoms with van der Waals surface area (Å²) in [5.41, 5.74) is 5.60. The number of fused-ring (bicyclic) bond motifs is 3. The minimum atomic E-state index is 0.700. The van der Waals surface area contributed by atoms with Crippen LogP contribution in [0.25, 0.3) is 11.4 Å².